The molecule has 1 fully saturated rings. The van der Waals surface area contributed by atoms with E-state index >= 15 is 0 Å². The maximum Gasteiger partial charge on any atom is 0.166 e. The van der Waals surface area contributed by atoms with E-state index in [9.17, 15) is 4.79 Å². The Morgan fingerprint density at radius 1 is 0.708 bits per heavy atom. The van der Waals surface area contributed by atoms with Crippen LogP contribution in [0, 0.1) is 10.8 Å². The van der Waals surface area contributed by atoms with Gasteiger partial charge in [-0.05, 0) is 41.0 Å². The zero-order valence-electron chi connectivity index (χ0n) is 14.3. The lowest BCUT2D eigenvalue weighted by atomic mass is 9.47. The SMILES string of the molecule is CC1(C)C(=O)C(=C(c2ccc(Br)cc2)c2ccc(Br)cc2)C1(C)C. The standard InChI is InChI=1S/C21H20Br2O/c1-20(2)18(19(24)21(20,3)4)17(13-5-9-15(22)10-6-13)14-7-11-16(23)12-8-14/h5-12H,1-4H3. The number of Topliss-reactive ketones (excluding diaryl/α,β-unsaturated/α-hetero) is 1. The van der Waals surface area contributed by atoms with Crippen molar-refractivity contribution in [3.63, 3.8) is 0 Å². The highest BCUT2D eigenvalue weighted by Crippen LogP contribution is 2.59. The van der Waals surface area contributed by atoms with E-state index in [1.54, 1.807) is 0 Å². The second kappa shape index (κ2) is 5.96. The van der Waals surface area contributed by atoms with Crippen LogP contribution in [0.1, 0.15) is 38.8 Å². The first-order valence-electron chi connectivity index (χ1n) is 7.97. The first-order valence-corrected chi connectivity index (χ1v) is 9.56. The Balaban J connectivity index is 2.28. The van der Waals surface area contributed by atoms with Crippen molar-refractivity contribution in [1.82, 2.24) is 0 Å². The van der Waals surface area contributed by atoms with Crippen molar-refractivity contribution < 1.29 is 4.79 Å². The number of rotatable bonds is 2. The van der Waals surface area contributed by atoms with Crippen molar-refractivity contribution in [3.05, 3.63) is 74.2 Å². The first-order chi connectivity index (χ1) is 11.2. The van der Waals surface area contributed by atoms with E-state index in [-0.39, 0.29) is 16.6 Å². The molecular weight excluding hydrogens is 428 g/mol. The monoisotopic (exact) mass is 446 g/mol. The van der Waals surface area contributed by atoms with Crippen molar-refractivity contribution in [3.8, 4) is 0 Å². The normalized spacial score (nSPS) is 18.2. The van der Waals surface area contributed by atoms with Crippen LogP contribution in [0.25, 0.3) is 5.57 Å². The molecule has 1 saturated carbocycles. The van der Waals surface area contributed by atoms with Gasteiger partial charge in [-0.1, -0.05) is 83.8 Å². The second-order valence-corrected chi connectivity index (χ2v) is 9.17. The van der Waals surface area contributed by atoms with Gasteiger partial charge in [0.05, 0.1) is 0 Å². The Kier molecular flexibility index (Phi) is 4.38. The molecule has 0 N–H and O–H groups in total. The quantitative estimate of drug-likeness (QED) is 0.471. The van der Waals surface area contributed by atoms with Crippen LogP contribution in [0.2, 0.25) is 0 Å². The van der Waals surface area contributed by atoms with Gasteiger partial charge in [0.15, 0.2) is 5.78 Å². The number of hydrogen-bond acceptors (Lipinski definition) is 1. The van der Waals surface area contributed by atoms with Gasteiger partial charge in [-0.2, -0.15) is 0 Å². The van der Waals surface area contributed by atoms with E-state index in [1.807, 2.05) is 38.1 Å². The highest BCUT2D eigenvalue weighted by molar-refractivity contribution is 9.10. The number of carbonyl (C=O) groups excluding carboxylic acids is 1. The molecule has 0 radical (unpaired) electrons. The molecule has 2 aromatic carbocycles. The van der Waals surface area contributed by atoms with Crippen LogP contribution in [0.5, 0.6) is 0 Å². The number of allylic oxidation sites excluding steroid dienone is 1. The van der Waals surface area contributed by atoms with Crippen molar-refractivity contribution in [2.24, 2.45) is 10.8 Å². The molecule has 0 atom stereocenters. The van der Waals surface area contributed by atoms with Crippen molar-refractivity contribution in [1.29, 1.82) is 0 Å². The van der Waals surface area contributed by atoms with Gasteiger partial charge in [0.25, 0.3) is 0 Å². The molecule has 2 aromatic rings. The summed E-state index contributed by atoms with van der Waals surface area (Å²) >= 11 is 6.98. The average Bonchev–Trinajstić information content (AvgIpc) is 2.54. The van der Waals surface area contributed by atoms with Crippen LogP contribution in [0.3, 0.4) is 0 Å². The van der Waals surface area contributed by atoms with Gasteiger partial charge in [0.2, 0.25) is 0 Å². The molecule has 0 amide bonds. The van der Waals surface area contributed by atoms with Crippen LogP contribution in [0.4, 0.5) is 0 Å². The zero-order chi connectivity index (χ0) is 17.7. The molecule has 3 rings (SSSR count). The largest absolute Gasteiger partial charge is 0.294 e. The molecule has 0 saturated heterocycles. The average molecular weight is 448 g/mol. The summed E-state index contributed by atoms with van der Waals surface area (Å²) in [7, 11) is 0. The fourth-order valence-electron chi connectivity index (χ4n) is 3.24. The summed E-state index contributed by atoms with van der Waals surface area (Å²) in [5.41, 5.74) is 3.62. The van der Waals surface area contributed by atoms with E-state index in [1.165, 1.54) is 0 Å². The molecule has 0 spiro atoms. The highest BCUT2D eigenvalue weighted by Gasteiger charge is 2.59. The second-order valence-electron chi connectivity index (χ2n) is 7.34. The molecule has 124 valence electrons. The summed E-state index contributed by atoms with van der Waals surface area (Å²) in [5.74, 6) is 0.244. The van der Waals surface area contributed by atoms with E-state index in [0.29, 0.717) is 0 Å². The molecule has 3 heteroatoms. The third kappa shape index (κ3) is 2.62. The van der Waals surface area contributed by atoms with Crippen LogP contribution in [-0.2, 0) is 4.79 Å². The predicted octanol–water partition coefficient (Wildman–Crippen LogP) is 6.65. The molecule has 0 unspecified atom stereocenters. The number of hydrogen-bond donors (Lipinski definition) is 0. The van der Waals surface area contributed by atoms with Crippen molar-refractivity contribution in [2.75, 3.05) is 0 Å². The Morgan fingerprint density at radius 3 is 1.42 bits per heavy atom. The third-order valence-electron chi connectivity index (χ3n) is 5.50. The van der Waals surface area contributed by atoms with Gasteiger partial charge in [-0.3, -0.25) is 4.79 Å². The molecule has 0 bridgehead atoms. The molecule has 0 aromatic heterocycles. The fourth-order valence-corrected chi connectivity index (χ4v) is 3.77. The number of benzene rings is 2. The Labute approximate surface area is 160 Å². The van der Waals surface area contributed by atoms with Crippen LogP contribution >= 0.6 is 31.9 Å². The maximum atomic E-state index is 12.9. The van der Waals surface area contributed by atoms with E-state index in [4.69, 9.17) is 0 Å². The summed E-state index contributed by atoms with van der Waals surface area (Å²) in [6.07, 6.45) is 0. The van der Waals surface area contributed by atoms with Gasteiger partial charge < -0.3 is 0 Å². The summed E-state index contributed by atoms with van der Waals surface area (Å²) in [4.78, 5) is 12.9. The number of halogens is 2. The number of ketones is 1. The van der Waals surface area contributed by atoms with E-state index in [2.05, 4.69) is 70.0 Å². The first kappa shape index (κ1) is 17.6. The molecule has 0 aliphatic heterocycles. The summed E-state index contributed by atoms with van der Waals surface area (Å²) in [6, 6.07) is 16.4. The summed E-state index contributed by atoms with van der Waals surface area (Å²) < 4.78 is 2.07. The Bertz CT molecular complexity index is 778. The lowest BCUT2D eigenvalue weighted by Crippen LogP contribution is -2.55. The van der Waals surface area contributed by atoms with Crippen molar-refractivity contribution in [2.45, 2.75) is 27.7 Å². The number of carbonyl (C=O) groups is 1. The van der Waals surface area contributed by atoms with Crippen LogP contribution < -0.4 is 0 Å². The maximum absolute atomic E-state index is 12.9. The topological polar surface area (TPSA) is 17.1 Å². The molecule has 1 aliphatic rings. The minimum absolute atomic E-state index is 0.167. The predicted molar refractivity (Wildman–Crippen MR) is 107 cm³/mol. The molecule has 0 heterocycles. The fraction of sp³-hybridized carbons (Fsp3) is 0.286. The smallest absolute Gasteiger partial charge is 0.166 e. The van der Waals surface area contributed by atoms with Gasteiger partial charge in [-0.25, -0.2) is 0 Å². The van der Waals surface area contributed by atoms with Crippen LogP contribution in [-0.4, -0.2) is 5.78 Å². The Hall–Kier alpha value is -1.19. The minimum atomic E-state index is -0.335. The minimum Gasteiger partial charge on any atom is -0.294 e. The van der Waals surface area contributed by atoms with Gasteiger partial charge in [0, 0.05) is 25.3 Å². The van der Waals surface area contributed by atoms with Gasteiger partial charge in [0.1, 0.15) is 0 Å². The molecule has 24 heavy (non-hydrogen) atoms. The molecule has 1 nitrogen and oxygen atoms in total. The summed E-state index contributed by atoms with van der Waals surface area (Å²) in [6.45, 7) is 8.42. The lowest BCUT2D eigenvalue weighted by molar-refractivity contribution is -0.139. The highest BCUT2D eigenvalue weighted by atomic mass is 79.9. The van der Waals surface area contributed by atoms with Crippen LogP contribution in [0.15, 0.2) is 63.0 Å². The third-order valence-corrected chi connectivity index (χ3v) is 6.56. The molecule has 1 aliphatic carbocycles. The van der Waals surface area contributed by atoms with E-state index < -0.39 is 0 Å². The molecular formula is C21H20Br2O. The lowest BCUT2D eigenvalue weighted by Gasteiger charge is -2.53. The zero-order valence-corrected chi connectivity index (χ0v) is 17.5. The van der Waals surface area contributed by atoms with Crippen molar-refractivity contribution >= 4 is 43.2 Å². The Morgan fingerprint density at radius 2 is 1.08 bits per heavy atom. The van der Waals surface area contributed by atoms with Gasteiger partial charge >= 0.3 is 0 Å². The van der Waals surface area contributed by atoms with Gasteiger partial charge in [-0.15, -0.1) is 0 Å². The summed E-state index contributed by atoms with van der Waals surface area (Å²) in [5, 5.41) is 0. The van der Waals surface area contributed by atoms with E-state index in [0.717, 1.165) is 31.2 Å².